The number of hydrogen-bond donors (Lipinski definition) is 1. The zero-order valence-corrected chi connectivity index (χ0v) is 13.1. The van der Waals surface area contributed by atoms with Gasteiger partial charge in [0, 0.05) is 29.7 Å². The van der Waals surface area contributed by atoms with Gasteiger partial charge in [-0.3, -0.25) is 4.98 Å². The van der Waals surface area contributed by atoms with Gasteiger partial charge in [0.2, 0.25) is 0 Å². The molecular formula is C16H21N3S. The molecule has 2 heterocycles. The molecule has 1 N–H and O–H groups in total. The number of hydrogen-bond acceptors (Lipinski definition) is 4. The van der Waals surface area contributed by atoms with Crippen molar-refractivity contribution in [3.05, 3.63) is 45.7 Å². The lowest BCUT2D eigenvalue weighted by Gasteiger charge is -2.34. The summed E-state index contributed by atoms with van der Waals surface area (Å²) in [7, 11) is 2.05. The molecule has 1 atom stereocenters. The molecule has 106 valence electrons. The largest absolute Gasteiger partial charge is 0.312 e. The van der Waals surface area contributed by atoms with Crippen molar-refractivity contribution in [2.45, 2.75) is 39.2 Å². The first-order chi connectivity index (χ1) is 9.57. The van der Waals surface area contributed by atoms with Crippen molar-refractivity contribution in [3.8, 4) is 0 Å². The molecule has 1 unspecified atom stereocenters. The average molecular weight is 287 g/mol. The van der Waals surface area contributed by atoms with Crippen LogP contribution in [0.1, 0.15) is 47.5 Å². The molecule has 3 rings (SSSR count). The second kappa shape index (κ2) is 5.26. The van der Waals surface area contributed by atoms with Gasteiger partial charge in [-0.1, -0.05) is 19.9 Å². The van der Waals surface area contributed by atoms with E-state index in [1.165, 1.54) is 27.6 Å². The summed E-state index contributed by atoms with van der Waals surface area (Å²) < 4.78 is 0. The molecular weight excluding hydrogens is 266 g/mol. The summed E-state index contributed by atoms with van der Waals surface area (Å²) in [4.78, 5) is 10.5. The van der Waals surface area contributed by atoms with E-state index in [1.807, 2.05) is 29.8 Å². The van der Waals surface area contributed by atoms with Crippen molar-refractivity contribution in [2.24, 2.45) is 5.41 Å². The van der Waals surface area contributed by atoms with E-state index in [-0.39, 0.29) is 0 Å². The van der Waals surface area contributed by atoms with E-state index in [1.54, 1.807) is 0 Å². The average Bonchev–Trinajstić information content (AvgIpc) is 2.79. The van der Waals surface area contributed by atoms with Gasteiger partial charge in [0.15, 0.2) is 0 Å². The Labute approximate surface area is 124 Å². The Bertz CT molecular complexity index is 589. The van der Waals surface area contributed by atoms with E-state index in [4.69, 9.17) is 4.98 Å². The Morgan fingerprint density at radius 3 is 3.00 bits per heavy atom. The maximum Gasteiger partial charge on any atom is 0.0976 e. The molecule has 0 aliphatic heterocycles. The van der Waals surface area contributed by atoms with Gasteiger partial charge in [0.05, 0.1) is 10.7 Å². The van der Waals surface area contributed by atoms with Gasteiger partial charge in [0.25, 0.3) is 0 Å². The molecule has 2 aromatic rings. The third-order valence-electron chi connectivity index (χ3n) is 3.92. The second-order valence-corrected chi connectivity index (χ2v) is 7.46. The summed E-state index contributed by atoms with van der Waals surface area (Å²) >= 11 is 1.86. The molecule has 3 nitrogen and oxygen atoms in total. The first-order valence-corrected chi connectivity index (χ1v) is 7.94. The molecule has 0 fully saturated rings. The van der Waals surface area contributed by atoms with Crippen molar-refractivity contribution in [1.82, 2.24) is 15.3 Å². The highest BCUT2D eigenvalue weighted by Crippen LogP contribution is 2.43. The van der Waals surface area contributed by atoms with Gasteiger partial charge in [-0.15, -0.1) is 11.3 Å². The summed E-state index contributed by atoms with van der Waals surface area (Å²) in [6.45, 7) is 4.67. The highest BCUT2D eigenvalue weighted by atomic mass is 32.1. The molecule has 0 saturated heterocycles. The van der Waals surface area contributed by atoms with Gasteiger partial charge < -0.3 is 5.32 Å². The number of thiazole rings is 1. The molecule has 2 aromatic heterocycles. The van der Waals surface area contributed by atoms with Crippen LogP contribution in [0.4, 0.5) is 0 Å². The summed E-state index contributed by atoms with van der Waals surface area (Å²) in [5.74, 6) is 0. The minimum absolute atomic E-state index is 0.334. The Kier molecular flexibility index (Phi) is 3.61. The predicted octanol–water partition coefficient (Wildman–Crippen LogP) is 3.36. The standard InChI is InChI=1S/C16H21N3S/c1-16(2)8-12(17-3)15-13(9-16)19-14(20-15)7-11-5-4-6-18-10-11/h4-6,10,12,17H,7-9H2,1-3H3. The normalized spacial score (nSPS) is 20.6. The Morgan fingerprint density at radius 1 is 1.45 bits per heavy atom. The first kappa shape index (κ1) is 13.7. The van der Waals surface area contributed by atoms with Gasteiger partial charge in [-0.25, -0.2) is 4.98 Å². The molecule has 1 aliphatic rings. The first-order valence-electron chi connectivity index (χ1n) is 7.12. The van der Waals surface area contributed by atoms with E-state index < -0.39 is 0 Å². The topological polar surface area (TPSA) is 37.8 Å². The van der Waals surface area contributed by atoms with Crippen molar-refractivity contribution in [3.63, 3.8) is 0 Å². The van der Waals surface area contributed by atoms with Gasteiger partial charge in [-0.05, 0) is 36.9 Å². The molecule has 0 radical (unpaired) electrons. The van der Waals surface area contributed by atoms with E-state index in [2.05, 4.69) is 37.3 Å². The van der Waals surface area contributed by atoms with Crippen LogP contribution >= 0.6 is 11.3 Å². The molecule has 0 saturated carbocycles. The monoisotopic (exact) mass is 287 g/mol. The van der Waals surface area contributed by atoms with Gasteiger partial charge in [0.1, 0.15) is 0 Å². The number of pyridine rings is 1. The van der Waals surface area contributed by atoms with Crippen LogP contribution < -0.4 is 5.32 Å². The Balaban J connectivity index is 1.88. The van der Waals surface area contributed by atoms with E-state index >= 15 is 0 Å². The molecule has 0 amide bonds. The fourth-order valence-corrected chi connectivity index (χ4v) is 4.20. The number of aromatic nitrogens is 2. The number of fused-ring (bicyclic) bond motifs is 1. The lowest BCUT2D eigenvalue weighted by atomic mass is 9.76. The van der Waals surface area contributed by atoms with Crippen LogP contribution in [0.15, 0.2) is 24.5 Å². The SMILES string of the molecule is CNC1CC(C)(C)Cc2nc(Cc3cccnc3)sc21. The maximum absolute atomic E-state index is 4.89. The van der Waals surface area contributed by atoms with E-state index in [9.17, 15) is 0 Å². The summed E-state index contributed by atoms with van der Waals surface area (Å²) in [5.41, 5.74) is 2.86. The minimum Gasteiger partial charge on any atom is -0.312 e. The molecule has 4 heteroatoms. The highest BCUT2D eigenvalue weighted by Gasteiger charge is 2.34. The number of nitrogens with one attached hydrogen (secondary N) is 1. The fraction of sp³-hybridized carbons (Fsp3) is 0.500. The summed E-state index contributed by atoms with van der Waals surface area (Å²) in [6, 6.07) is 4.56. The minimum atomic E-state index is 0.334. The molecule has 20 heavy (non-hydrogen) atoms. The summed E-state index contributed by atoms with van der Waals surface area (Å²) in [6.07, 6.45) is 6.91. The third kappa shape index (κ3) is 2.76. The third-order valence-corrected chi connectivity index (χ3v) is 5.13. The smallest absolute Gasteiger partial charge is 0.0976 e. The van der Waals surface area contributed by atoms with E-state index in [0.29, 0.717) is 11.5 Å². The summed E-state index contributed by atoms with van der Waals surface area (Å²) in [5, 5.41) is 4.66. The Hall–Kier alpha value is -1.26. The van der Waals surface area contributed by atoms with Crippen LogP contribution in [-0.4, -0.2) is 17.0 Å². The maximum atomic E-state index is 4.89. The highest BCUT2D eigenvalue weighted by molar-refractivity contribution is 7.11. The zero-order valence-electron chi connectivity index (χ0n) is 12.3. The lowest BCUT2D eigenvalue weighted by molar-refractivity contribution is 0.265. The molecule has 1 aliphatic carbocycles. The van der Waals surface area contributed by atoms with Crippen molar-refractivity contribution >= 4 is 11.3 Å². The quantitative estimate of drug-likeness (QED) is 0.940. The van der Waals surface area contributed by atoms with Crippen LogP contribution in [0, 0.1) is 5.41 Å². The van der Waals surface area contributed by atoms with Crippen LogP contribution in [0.25, 0.3) is 0 Å². The van der Waals surface area contributed by atoms with Crippen molar-refractivity contribution in [1.29, 1.82) is 0 Å². The van der Waals surface area contributed by atoms with Gasteiger partial charge in [-0.2, -0.15) is 0 Å². The van der Waals surface area contributed by atoms with Crippen LogP contribution in [0.3, 0.4) is 0 Å². The second-order valence-electron chi connectivity index (χ2n) is 6.34. The number of rotatable bonds is 3. The fourth-order valence-electron chi connectivity index (χ4n) is 2.97. The van der Waals surface area contributed by atoms with Gasteiger partial charge >= 0.3 is 0 Å². The predicted molar refractivity (Wildman–Crippen MR) is 83.1 cm³/mol. The Morgan fingerprint density at radius 2 is 2.30 bits per heavy atom. The number of nitrogens with zero attached hydrogens (tertiary/aromatic N) is 2. The molecule has 0 spiro atoms. The van der Waals surface area contributed by atoms with Crippen LogP contribution in [0.5, 0.6) is 0 Å². The molecule has 0 bridgehead atoms. The van der Waals surface area contributed by atoms with Crippen molar-refractivity contribution in [2.75, 3.05) is 7.05 Å². The lowest BCUT2D eigenvalue weighted by Crippen LogP contribution is -2.30. The van der Waals surface area contributed by atoms with Crippen molar-refractivity contribution < 1.29 is 0 Å². The van der Waals surface area contributed by atoms with E-state index in [0.717, 1.165) is 12.8 Å². The van der Waals surface area contributed by atoms with Crippen LogP contribution in [0.2, 0.25) is 0 Å². The molecule has 0 aromatic carbocycles. The van der Waals surface area contributed by atoms with Crippen LogP contribution in [-0.2, 0) is 12.8 Å². The zero-order chi connectivity index (χ0) is 14.2.